The van der Waals surface area contributed by atoms with Crippen LogP contribution in [0.1, 0.15) is 134 Å². The number of aliphatic imine (C=N–C) groups is 2. The molecule has 2 unspecified atom stereocenters. The number of aromatic hydroxyl groups is 2. The SMILES string of the molecule is CCCCc1cc(C=NC2CCCC2N=Cc2cc(CCCC)cc(C(C)(C)C)c2O)c(O)c(C(C)(C)C)c1. The Bertz CT molecular complexity index is 1070. The number of unbranched alkanes of at least 4 members (excludes halogenated alkanes) is 2. The molecule has 0 bridgehead atoms. The van der Waals surface area contributed by atoms with Gasteiger partial charge in [0, 0.05) is 34.7 Å². The normalized spacial score (nSPS) is 18.6. The molecule has 0 aromatic heterocycles. The molecular weight excluding hydrogens is 480 g/mol. The summed E-state index contributed by atoms with van der Waals surface area (Å²) in [6.45, 7) is 17.3. The first-order valence-electron chi connectivity index (χ1n) is 15.1. The Balaban J connectivity index is 1.89. The molecule has 39 heavy (non-hydrogen) atoms. The van der Waals surface area contributed by atoms with Crippen LogP contribution in [0.5, 0.6) is 11.5 Å². The van der Waals surface area contributed by atoms with Crippen LogP contribution in [0.2, 0.25) is 0 Å². The Morgan fingerprint density at radius 2 is 1.08 bits per heavy atom. The van der Waals surface area contributed by atoms with Crippen LogP contribution in [-0.2, 0) is 23.7 Å². The molecule has 2 aromatic rings. The van der Waals surface area contributed by atoms with Crippen molar-refractivity contribution in [3.8, 4) is 11.5 Å². The summed E-state index contributed by atoms with van der Waals surface area (Å²) in [5, 5.41) is 22.3. The molecule has 3 rings (SSSR count). The van der Waals surface area contributed by atoms with Crippen molar-refractivity contribution >= 4 is 12.4 Å². The van der Waals surface area contributed by atoms with Crippen molar-refractivity contribution in [3.05, 3.63) is 57.6 Å². The molecule has 4 heteroatoms. The Kier molecular flexibility index (Phi) is 10.4. The summed E-state index contributed by atoms with van der Waals surface area (Å²) in [5.41, 5.74) is 5.80. The molecule has 2 N–H and O–H groups in total. The summed E-state index contributed by atoms with van der Waals surface area (Å²) >= 11 is 0. The van der Waals surface area contributed by atoms with Gasteiger partial charge in [-0.2, -0.15) is 0 Å². The van der Waals surface area contributed by atoms with E-state index in [-0.39, 0.29) is 22.9 Å². The third-order valence-electron chi connectivity index (χ3n) is 7.91. The van der Waals surface area contributed by atoms with E-state index >= 15 is 0 Å². The molecule has 214 valence electrons. The van der Waals surface area contributed by atoms with Crippen molar-refractivity contribution in [1.82, 2.24) is 0 Å². The molecule has 1 fully saturated rings. The van der Waals surface area contributed by atoms with E-state index in [0.717, 1.165) is 80.0 Å². The van der Waals surface area contributed by atoms with Crippen LogP contribution in [0.15, 0.2) is 34.3 Å². The molecule has 0 amide bonds. The van der Waals surface area contributed by atoms with Crippen LogP contribution in [0.3, 0.4) is 0 Å². The fourth-order valence-electron chi connectivity index (χ4n) is 5.45. The highest BCUT2D eigenvalue weighted by molar-refractivity contribution is 5.86. The number of hydrogen-bond donors (Lipinski definition) is 2. The lowest BCUT2D eigenvalue weighted by Gasteiger charge is -2.23. The van der Waals surface area contributed by atoms with E-state index in [2.05, 4.69) is 79.7 Å². The maximum absolute atomic E-state index is 11.1. The van der Waals surface area contributed by atoms with Gasteiger partial charge in [-0.1, -0.05) is 80.4 Å². The Morgan fingerprint density at radius 3 is 1.41 bits per heavy atom. The number of nitrogens with zero attached hydrogens (tertiary/aromatic N) is 2. The highest BCUT2D eigenvalue weighted by Gasteiger charge is 2.27. The summed E-state index contributed by atoms with van der Waals surface area (Å²) in [6, 6.07) is 8.68. The second-order valence-corrected chi connectivity index (χ2v) is 13.5. The molecule has 0 saturated heterocycles. The van der Waals surface area contributed by atoms with Gasteiger partial charge in [-0.15, -0.1) is 0 Å². The lowest BCUT2D eigenvalue weighted by molar-refractivity contribution is 0.444. The molecule has 0 aliphatic heterocycles. The zero-order valence-electron chi connectivity index (χ0n) is 25.8. The second-order valence-electron chi connectivity index (χ2n) is 13.5. The second kappa shape index (κ2) is 13.2. The molecule has 1 aliphatic rings. The highest BCUT2D eigenvalue weighted by Crippen LogP contribution is 2.36. The zero-order chi connectivity index (χ0) is 28.8. The van der Waals surface area contributed by atoms with E-state index in [1.807, 2.05) is 12.4 Å². The number of aryl methyl sites for hydroxylation is 2. The van der Waals surface area contributed by atoms with E-state index in [0.29, 0.717) is 11.5 Å². The molecule has 0 spiro atoms. The quantitative estimate of drug-likeness (QED) is 0.300. The molecule has 0 radical (unpaired) electrons. The molecule has 4 nitrogen and oxygen atoms in total. The fraction of sp³-hybridized carbons (Fsp3) is 0.600. The molecule has 1 saturated carbocycles. The fourth-order valence-corrected chi connectivity index (χ4v) is 5.45. The minimum absolute atomic E-state index is 0.0746. The van der Waals surface area contributed by atoms with Crippen LogP contribution in [0.25, 0.3) is 0 Å². The van der Waals surface area contributed by atoms with Crippen molar-refractivity contribution in [2.24, 2.45) is 9.98 Å². The number of phenols is 2. The number of phenolic OH excluding ortho intramolecular Hbond substituents is 2. The van der Waals surface area contributed by atoms with Gasteiger partial charge in [0.1, 0.15) is 11.5 Å². The van der Waals surface area contributed by atoms with Gasteiger partial charge in [-0.3, -0.25) is 9.98 Å². The third-order valence-corrected chi connectivity index (χ3v) is 7.91. The number of hydrogen-bond acceptors (Lipinski definition) is 4. The summed E-state index contributed by atoms with van der Waals surface area (Å²) in [6.07, 6.45) is 13.4. The predicted octanol–water partition coefficient (Wildman–Crippen LogP) is 8.84. The standard InChI is InChI=1S/C35H52N2O2/c1-9-11-14-24-18-26(32(38)28(20-24)34(3,4)5)22-36-30-16-13-17-31(30)37-23-27-19-25(15-12-10-2)21-29(33(27)39)35(6,7)8/h18-23,30-31,38-39H,9-17H2,1-8H3. The minimum Gasteiger partial charge on any atom is -0.507 e. The Labute approximate surface area is 237 Å². The van der Waals surface area contributed by atoms with Crippen LogP contribution >= 0.6 is 0 Å². The van der Waals surface area contributed by atoms with Gasteiger partial charge in [-0.05, 0) is 79.0 Å². The van der Waals surface area contributed by atoms with E-state index < -0.39 is 0 Å². The van der Waals surface area contributed by atoms with Crippen molar-refractivity contribution in [1.29, 1.82) is 0 Å². The monoisotopic (exact) mass is 532 g/mol. The maximum Gasteiger partial charge on any atom is 0.128 e. The first-order valence-corrected chi connectivity index (χ1v) is 15.1. The molecular formula is C35H52N2O2. The number of rotatable bonds is 10. The van der Waals surface area contributed by atoms with Gasteiger partial charge in [0.25, 0.3) is 0 Å². The number of benzene rings is 2. The van der Waals surface area contributed by atoms with E-state index in [4.69, 9.17) is 9.98 Å². The molecule has 2 aromatic carbocycles. The molecule has 1 aliphatic carbocycles. The van der Waals surface area contributed by atoms with Gasteiger partial charge >= 0.3 is 0 Å². The van der Waals surface area contributed by atoms with Gasteiger partial charge in [-0.25, -0.2) is 0 Å². The lowest BCUT2D eigenvalue weighted by Crippen LogP contribution is -2.17. The van der Waals surface area contributed by atoms with Crippen molar-refractivity contribution in [2.45, 2.75) is 136 Å². The molecule has 2 atom stereocenters. The van der Waals surface area contributed by atoms with Crippen LogP contribution in [-0.4, -0.2) is 34.7 Å². The maximum atomic E-state index is 11.1. The van der Waals surface area contributed by atoms with Gasteiger partial charge < -0.3 is 10.2 Å². The Morgan fingerprint density at radius 1 is 0.692 bits per heavy atom. The van der Waals surface area contributed by atoms with E-state index in [1.54, 1.807) is 0 Å². The smallest absolute Gasteiger partial charge is 0.128 e. The van der Waals surface area contributed by atoms with Crippen molar-refractivity contribution < 1.29 is 10.2 Å². The van der Waals surface area contributed by atoms with E-state index in [9.17, 15) is 10.2 Å². The van der Waals surface area contributed by atoms with E-state index in [1.165, 1.54) is 11.1 Å². The first-order chi connectivity index (χ1) is 18.3. The van der Waals surface area contributed by atoms with Crippen molar-refractivity contribution in [2.75, 3.05) is 0 Å². The summed E-state index contributed by atoms with van der Waals surface area (Å²) in [7, 11) is 0. The topological polar surface area (TPSA) is 65.2 Å². The highest BCUT2D eigenvalue weighted by atomic mass is 16.3. The zero-order valence-corrected chi connectivity index (χ0v) is 25.8. The predicted molar refractivity (Wildman–Crippen MR) is 167 cm³/mol. The summed E-state index contributed by atoms with van der Waals surface area (Å²) < 4.78 is 0. The van der Waals surface area contributed by atoms with Crippen LogP contribution < -0.4 is 0 Å². The van der Waals surface area contributed by atoms with Gasteiger partial charge in [0.15, 0.2) is 0 Å². The largest absolute Gasteiger partial charge is 0.507 e. The van der Waals surface area contributed by atoms with Gasteiger partial charge in [0.05, 0.1) is 12.1 Å². The van der Waals surface area contributed by atoms with Crippen LogP contribution in [0.4, 0.5) is 0 Å². The third kappa shape index (κ3) is 8.19. The molecule has 0 heterocycles. The average molecular weight is 533 g/mol. The van der Waals surface area contributed by atoms with Gasteiger partial charge in [0.2, 0.25) is 0 Å². The minimum atomic E-state index is -0.144. The lowest BCUT2D eigenvalue weighted by atomic mass is 9.83. The first kappa shape index (κ1) is 30.9. The summed E-state index contributed by atoms with van der Waals surface area (Å²) in [5.74, 6) is 0.682. The Hall–Kier alpha value is -2.62. The average Bonchev–Trinajstić information content (AvgIpc) is 3.31. The van der Waals surface area contributed by atoms with Crippen LogP contribution in [0, 0.1) is 0 Å². The van der Waals surface area contributed by atoms with Crippen molar-refractivity contribution in [3.63, 3.8) is 0 Å². The summed E-state index contributed by atoms with van der Waals surface area (Å²) in [4.78, 5) is 9.94.